The number of fused-ring (bicyclic) bond motifs is 1. The molecule has 3 rings (SSSR count). The van der Waals surface area contributed by atoms with E-state index in [4.69, 9.17) is 9.15 Å². The van der Waals surface area contributed by atoms with Crippen molar-refractivity contribution in [3.63, 3.8) is 0 Å². The highest BCUT2D eigenvalue weighted by atomic mass is 16.5. The second kappa shape index (κ2) is 8.52. The van der Waals surface area contributed by atoms with Crippen molar-refractivity contribution in [3.8, 4) is 0 Å². The van der Waals surface area contributed by atoms with E-state index in [-0.39, 0.29) is 18.9 Å². The lowest BCUT2D eigenvalue weighted by Crippen LogP contribution is -2.28. The Bertz CT molecular complexity index is 1060. The molecular weight excluding hydrogens is 358 g/mol. The maximum Gasteiger partial charge on any atom is 0.336 e. The number of hydrogen-bond donors (Lipinski definition) is 1. The van der Waals surface area contributed by atoms with Gasteiger partial charge in [0.25, 0.3) is 0 Å². The zero-order valence-electron chi connectivity index (χ0n) is 15.7. The van der Waals surface area contributed by atoms with Crippen molar-refractivity contribution < 1.29 is 18.7 Å². The Morgan fingerprint density at radius 2 is 1.86 bits per heavy atom. The predicted octanol–water partition coefficient (Wildman–Crippen LogP) is 3.41. The minimum absolute atomic E-state index is 0.0118. The summed E-state index contributed by atoms with van der Waals surface area (Å²) >= 11 is 0. The molecule has 1 N–H and O–H groups in total. The number of rotatable bonds is 6. The summed E-state index contributed by atoms with van der Waals surface area (Å²) in [4.78, 5) is 35.7. The van der Waals surface area contributed by atoms with Crippen LogP contribution in [0.15, 0.2) is 63.8 Å². The summed E-state index contributed by atoms with van der Waals surface area (Å²) in [6, 6.07) is 15.6. The summed E-state index contributed by atoms with van der Waals surface area (Å²) in [7, 11) is 0. The van der Waals surface area contributed by atoms with E-state index in [2.05, 4.69) is 5.32 Å². The van der Waals surface area contributed by atoms with E-state index in [1.165, 1.54) is 13.0 Å². The van der Waals surface area contributed by atoms with Gasteiger partial charge in [0.2, 0.25) is 5.91 Å². The summed E-state index contributed by atoms with van der Waals surface area (Å²) in [6.07, 6.45) is -0.0118. The SMILES string of the molecule is CC(=O)N[C@@H](CC(=O)OCc1cc(=O)oc2cc(C)ccc12)c1ccccc1. The lowest BCUT2D eigenvalue weighted by atomic mass is 10.0. The Hall–Kier alpha value is -3.41. The first kappa shape index (κ1) is 19.4. The van der Waals surface area contributed by atoms with E-state index < -0.39 is 17.6 Å². The summed E-state index contributed by atoms with van der Waals surface area (Å²) in [6.45, 7) is 3.25. The number of esters is 1. The number of ether oxygens (including phenoxy) is 1. The molecule has 0 aliphatic heterocycles. The average molecular weight is 379 g/mol. The smallest absolute Gasteiger partial charge is 0.336 e. The second-order valence-electron chi connectivity index (χ2n) is 6.62. The zero-order valence-corrected chi connectivity index (χ0v) is 15.7. The first-order valence-corrected chi connectivity index (χ1v) is 8.93. The number of hydrogen-bond acceptors (Lipinski definition) is 5. The third kappa shape index (κ3) is 4.85. The summed E-state index contributed by atoms with van der Waals surface area (Å²) in [5.74, 6) is -0.709. The maximum atomic E-state index is 12.4. The quantitative estimate of drug-likeness (QED) is 0.524. The molecule has 0 aliphatic carbocycles. The van der Waals surface area contributed by atoms with Crippen LogP contribution < -0.4 is 10.9 Å². The number of amides is 1. The number of carbonyl (C=O) groups excluding carboxylic acids is 2. The van der Waals surface area contributed by atoms with Gasteiger partial charge in [0.1, 0.15) is 12.2 Å². The van der Waals surface area contributed by atoms with Crippen LogP contribution in [0, 0.1) is 6.92 Å². The normalized spacial score (nSPS) is 11.8. The molecule has 28 heavy (non-hydrogen) atoms. The van der Waals surface area contributed by atoms with Gasteiger partial charge in [-0.2, -0.15) is 0 Å². The van der Waals surface area contributed by atoms with E-state index in [0.717, 1.165) is 16.5 Å². The molecule has 2 aromatic carbocycles. The molecule has 6 nitrogen and oxygen atoms in total. The monoisotopic (exact) mass is 379 g/mol. The Balaban J connectivity index is 1.73. The number of carbonyl (C=O) groups is 2. The molecule has 1 atom stereocenters. The second-order valence-corrected chi connectivity index (χ2v) is 6.62. The summed E-state index contributed by atoms with van der Waals surface area (Å²) < 4.78 is 10.6. The number of aryl methyl sites for hydroxylation is 1. The Labute approximate surface area is 162 Å². The van der Waals surface area contributed by atoms with Crippen LogP contribution in [-0.4, -0.2) is 11.9 Å². The van der Waals surface area contributed by atoms with Gasteiger partial charge in [-0.15, -0.1) is 0 Å². The summed E-state index contributed by atoms with van der Waals surface area (Å²) in [5.41, 5.74) is 2.32. The molecule has 0 radical (unpaired) electrons. The third-order valence-corrected chi connectivity index (χ3v) is 4.32. The molecule has 0 spiro atoms. The van der Waals surface area contributed by atoms with Gasteiger partial charge in [0, 0.05) is 23.9 Å². The van der Waals surface area contributed by atoms with Gasteiger partial charge in [-0.1, -0.05) is 42.5 Å². The first-order chi connectivity index (χ1) is 13.4. The molecule has 3 aromatic rings. The molecule has 1 heterocycles. The molecule has 1 aromatic heterocycles. The Morgan fingerprint density at radius 3 is 2.57 bits per heavy atom. The van der Waals surface area contributed by atoms with Crippen LogP contribution >= 0.6 is 0 Å². The molecule has 0 saturated carbocycles. The zero-order chi connectivity index (χ0) is 20.1. The molecule has 0 fully saturated rings. The summed E-state index contributed by atoms with van der Waals surface area (Å²) in [5, 5.41) is 3.49. The van der Waals surface area contributed by atoms with Crippen molar-refractivity contribution >= 4 is 22.8 Å². The maximum absolute atomic E-state index is 12.4. The molecular formula is C22H21NO5. The standard InChI is InChI=1S/C22H21NO5/c1-14-8-9-18-17(11-22(26)28-20(18)10-14)13-27-21(25)12-19(23-15(2)24)16-6-4-3-5-7-16/h3-11,19H,12-13H2,1-2H3,(H,23,24)/t19-/m0/s1. The van der Waals surface area contributed by atoms with Gasteiger partial charge in [-0.05, 0) is 24.1 Å². The van der Waals surface area contributed by atoms with Crippen LogP contribution in [0.5, 0.6) is 0 Å². The molecule has 0 bridgehead atoms. The van der Waals surface area contributed by atoms with Gasteiger partial charge in [0.15, 0.2) is 0 Å². The fourth-order valence-corrected chi connectivity index (χ4v) is 3.02. The fourth-order valence-electron chi connectivity index (χ4n) is 3.02. The molecule has 144 valence electrons. The van der Waals surface area contributed by atoms with Crippen LogP contribution in [0.1, 0.15) is 36.1 Å². The van der Waals surface area contributed by atoms with Gasteiger partial charge in [-0.3, -0.25) is 9.59 Å². The van der Waals surface area contributed by atoms with Crippen molar-refractivity contribution in [1.82, 2.24) is 5.32 Å². The highest BCUT2D eigenvalue weighted by molar-refractivity contribution is 5.81. The lowest BCUT2D eigenvalue weighted by molar-refractivity contribution is -0.145. The van der Waals surface area contributed by atoms with E-state index in [1.807, 2.05) is 49.4 Å². The molecule has 0 saturated heterocycles. The van der Waals surface area contributed by atoms with E-state index in [0.29, 0.717) is 11.1 Å². The van der Waals surface area contributed by atoms with Crippen molar-refractivity contribution in [2.24, 2.45) is 0 Å². The average Bonchev–Trinajstić information content (AvgIpc) is 2.65. The Morgan fingerprint density at radius 1 is 1.11 bits per heavy atom. The number of nitrogens with one attached hydrogen (secondary N) is 1. The van der Waals surface area contributed by atoms with Crippen LogP contribution in [0.2, 0.25) is 0 Å². The van der Waals surface area contributed by atoms with Crippen LogP contribution in [0.25, 0.3) is 11.0 Å². The Kier molecular flexibility index (Phi) is 5.89. The third-order valence-electron chi connectivity index (χ3n) is 4.32. The van der Waals surface area contributed by atoms with Crippen molar-refractivity contribution in [3.05, 3.63) is 81.7 Å². The van der Waals surface area contributed by atoms with Crippen LogP contribution in [0.3, 0.4) is 0 Å². The van der Waals surface area contributed by atoms with E-state index in [9.17, 15) is 14.4 Å². The van der Waals surface area contributed by atoms with Crippen LogP contribution in [-0.2, 0) is 20.9 Å². The predicted molar refractivity (Wildman–Crippen MR) is 105 cm³/mol. The minimum atomic E-state index is -0.496. The highest BCUT2D eigenvalue weighted by Gasteiger charge is 2.18. The highest BCUT2D eigenvalue weighted by Crippen LogP contribution is 2.21. The van der Waals surface area contributed by atoms with Crippen molar-refractivity contribution in [2.75, 3.05) is 0 Å². The fraction of sp³-hybridized carbons (Fsp3) is 0.227. The largest absolute Gasteiger partial charge is 0.461 e. The minimum Gasteiger partial charge on any atom is -0.461 e. The van der Waals surface area contributed by atoms with Gasteiger partial charge in [0.05, 0.1) is 12.5 Å². The van der Waals surface area contributed by atoms with Crippen molar-refractivity contribution in [2.45, 2.75) is 32.9 Å². The number of benzene rings is 2. The van der Waals surface area contributed by atoms with Gasteiger partial charge in [-0.25, -0.2) is 4.79 Å². The van der Waals surface area contributed by atoms with Crippen LogP contribution in [0.4, 0.5) is 0 Å². The lowest BCUT2D eigenvalue weighted by Gasteiger charge is -2.17. The van der Waals surface area contributed by atoms with Crippen molar-refractivity contribution in [1.29, 1.82) is 0 Å². The van der Waals surface area contributed by atoms with E-state index >= 15 is 0 Å². The van der Waals surface area contributed by atoms with E-state index in [1.54, 1.807) is 6.07 Å². The molecule has 1 amide bonds. The topological polar surface area (TPSA) is 85.6 Å². The van der Waals surface area contributed by atoms with Gasteiger partial charge < -0.3 is 14.5 Å². The molecule has 0 unspecified atom stereocenters. The molecule has 0 aliphatic rings. The van der Waals surface area contributed by atoms with Gasteiger partial charge >= 0.3 is 11.6 Å². The molecule has 6 heteroatoms. The first-order valence-electron chi connectivity index (χ1n) is 8.93.